The van der Waals surface area contributed by atoms with Crippen molar-refractivity contribution in [1.29, 1.82) is 0 Å². The van der Waals surface area contributed by atoms with Crippen LogP contribution in [0.3, 0.4) is 0 Å². The van der Waals surface area contributed by atoms with Gasteiger partial charge in [-0.05, 0) is 53.5 Å². The first-order chi connectivity index (χ1) is 10.7. The summed E-state index contributed by atoms with van der Waals surface area (Å²) in [6, 6.07) is 7.37. The second-order valence-corrected chi connectivity index (χ2v) is 7.34. The number of hydrogen-bond acceptors (Lipinski definition) is 5. The molecule has 4 N–H and O–H groups in total. The largest absolute Gasteiger partial charge is 0.354 e. The van der Waals surface area contributed by atoms with Gasteiger partial charge in [-0.1, -0.05) is 12.1 Å². The molecule has 2 aromatic rings. The van der Waals surface area contributed by atoms with Gasteiger partial charge in [-0.25, -0.2) is 5.01 Å². The molecule has 1 aliphatic heterocycles. The minimum absolute atomic E-state index is 0.616. The summed E-state index contributed by atoms with van der Waals surface area (Å²) in [5.74, 6) is 6.11. The highest BCUT2D eigenvalue weighted by Gasteiger charge is 2.35. The van der Waals surface area contributed by atoms with E-state index in [1.807, 2.05) is 5.01 Å². The number of rotatable bonds is 3. The van der Waals surface area contributed by atoms with Gasteiger partial charge in [0.15, 0.2) is 0 Å². The van der Waals surface area contributed by atoms with Crippen LogP contribution in [0.5, 0.6) is 0 Å². The van der Waals surface area contributed by atoms with Crippen LogP contribution in [0, 0.1) is 6.92 Å². The molecule has 4 nitrogen and oxygen atoms in total. The Morgan fingerprint density at radius 1 is 1.32 bits per heavy atom. The molecule has 2 aliphatic rings. The predicted octanol–water partition coefficient (Wildman–Crippen LogP) is 2.80. The first-order valence-corrected chi connectivity index (χ1v) is 8.72. The lowest BCUT2D eigenvalue weighted by atomic mass is 9.95. The maximum absolute atomic E-state index is 6.11. The standard InChI is InChI=1S/C17H22N4S/c1-11-16(13-6-15(7-18)22-9-13)5-2-12-8-20(19)10-21(17(11)12)14-3-4-14/h2,5-6,9,14H,3-4,7-8,10,18-19H2,1H3. The molecule has 0 radical (unpaired) electrons. The summed E-state index contributed by atoms with van der Waals surface area (Å²) in [4.78, 5) is 3.73. The van der Waals surface area contributed by atoms with Crippen molar-refractivity contribution in [1.82, 2.24) is 5.01 Å². The van der Waals surface area contributed by atoms with E-state index >= 15 is 0 Å². The average molecular weight is 314 g/mol. The van der Waals surface area contributed by atoms with Crippen molar-refractivity contribution < 1.29 is 0 Å². The average Bonchev–Trinajstić information content (AvgIpc) is 3.25. The molecular weight excluding hydrogens is 292 g/mol. The van der Waals surface area contributed by atoms with Gasteiger partial charge in [0.05, 0.1) is 6.67 Å². The summed E-state index contributed by atoms with van der Waals surface area (Å²) < 4.78 is 0. The van der Waals surface area contributed by atoms with Gasteiger partial charge in [-0.15, -0.1) is 11.3 Å². The number of hydrogen-bond donors (Lipinski definition) is 2. The van der Waals surface area contributed by atoms with E-state index in [0.717, 1.165) is 13.2 Å². The first-order valence-electron chi connectivity index (χ1n) is 7.84. The van der Waals surface area contributed by atoms with Gasteiger partial charge in [0.1, 0.15) is 0 Å². The quantitative estimate of drug-likeness (QED) is 0.855. The van der Waals surface area contributed by atoms with Crippen molar-refractivity contribution in [3.63, 3.8) is 0 Å². The zero-order valence-corrected chi connectivity index (χ0v) is 13.7. The highest BCUT2D eigenvalue weighted by Crippen LogP contribution is 2.42. The Morgan fingerprint density at radius 3 is 2.82 bits per heavy atom. The van der Waals surface area contributed by atoms with E-state index in [-0.39, 0.29) is 0 Å². The Kier molecular flexibility index (Phi) is 3.46. The van der Waals surface area contributed by atoms with Gasteiger partial charge in [0.25, 0.3) is 0 Å². The fourth-order valence-corrected chi connectivity index (χ4v) is 4.21. The van der Waals surface area contributed by atoms with Crippen LogP contribution in [-0.2, 0) is 13.1 Å². The Labute approximate surface area is 135 Å². The van der Waals surface area contributed by atoms with E-state index in [1.165, 1.54) is 45.7 Å². The Hall–Kier alpha value is -1.40. The molecule has 0 spiro atoms. The first kappa shape index (κ1) is 14.2. The SMILES string of the molecule is Cc1c(-c2csc(CN)c2)ccc2c1N(C1CC1)CN(N)C2. The maximum atomic E-state index is 6.11. The van der Waals surface area contributed by atoms with Crippen LogP contribution in [0.25, 0.3) is 11.1 Å². The molecule has 0 saturated heterocycles. The van der Waals surface area contributed by atoms with Crippen molar-refractivity contribution in [2.24, 2.45) is 11.6 Å². The number of nitrogens with zero attached hydrogens (tertiary/aromatic N) is 2. The second-order valence-electron chi connectivity index (χ2n) is 6.34. The van der Waals surface area contributed by atoms with Gasteiger partial charge in [-0.3, -0.25) is 5.84 Å². The summed E-state index contributed by atoms with van der Waals surface area (Å²) in [6.07, 6.45) is 2.57. The molecule has 1 aromatic heterocycles. The van der Waals surface area contributed by atoms with Gasteiger partial charge in [-0.2, -0.15) is 0 Å². The van der Waals surface area contributed by atoms with Crippen molar-refractivity contribution in [3.05, 3.63) is 39.6 Å². The lowest BCUT2D eigenvalue weighted by molar-refractivity contribution is 0.258. The smallest absolute Gasteiger partial charge is 0.0843 e. The number of benzene rings is 1. The third-order valence-electron chi connectivity index (χ3n) is 4.66. The van der Waals surface area contributed by atoms with Gasteiger partial charge in [0, 0.05) is 29.7 Å². The van der Waals surface area contributed by atoms with E-state index < -0.39 is 0 Å². The van der Waals surface area contributed by atoms with Crippen molar-refractivity contribution >= 4 is 17.0 Å². The monoisotopic (exact) mass is 314 g/mol. The molecule has 22 heavy (non-hydrogen) atoms. The minimum Gasteiger partial charge on any atom is -0.354 e. The molecular formula is C17H22N4S. The zero-order chi connectivity index (χ0) is 15.3. The molecule has 5 heteroatoms. The van der Waals surface area contributed by atoms with Gasteiger partial charge >= 0.3 is 0 Å². The Bertz CT molecular complexity index is 705. The van der Waals surface area contributed by atoms with Crippen molar-refractivity contribution in [2.45, 2.75) is 38.9 Å². The fraction of sp³-hybridized carbons (Fsp3) is 0.412. The lowest BCUT2D eigenvalue weighted by Gasteiger charge is -2.38. The molecule has 1 aliphatic carbocycles. The van der Waals surface area contributed by atoms with Gasteiger partial charge in [0.2, 0.25) is 0 Å². The van der Waals surface area contributed by atoms with Crippen LogP contribution >= 0.6 is 11.3 Å². The van der Waals surface area contributed by atoms with Gasteiger partial charge < -0.3 is 10.6 Å². The topological polar surface area (TPSA) is 58.5 Å². The second kappa shape index (κ2) is 5.35. The molecule has 1 fully saturated rings. The fourth-order valence-electron chi connectivity index (χ4n) is 3.44. The number of fused-ring (bicyclic) bond motifs is 1. The lowest BCUT2D eigenvalue weighted by Crippen LogP contribution is -2.47. The highest BCUT2D eigenvalue weighted by atomic mass is 32.1. The minimum atomic E-state index is 0.616. The third kappa shape index (κ3) is 2.34. The van der Waals surface area contributed by atoms with E-state index in [1.54, 1.807) is 11.3 Å². The normalized spacial score (nSPS) is 18.6. The predicted molar refractivity (Wildman–Crippen MR) is 92.5 cm³/mol. The van der Waals surface area contributed by atoms with Crippen LogP contribution in [0.2, 0.25) is 0 Å². The molecule has 1 saturated carbocycles. The van der Waals surface area contributed by atoms with E-state index in [2.05, 4.69) is 35.4 Å². The van der Waals surface area contributed by atoms with Crippen molar-refractivity contribution in [3.8, 4) is 11.1 Å². The van der Waals surface area contributed by atoms with E-state index in [9.17, 15) is 0 Å². The number of nitrogens with two attached hydrogens (primary N) is 2. The molecule has 0 bridgehead atoms. The van der Waals surface area contributed by atoms with Crippen LogP contribution in [-0.4, -0.2) is 17.7 Å². The highest BCUT2D eigenvalue weighted by molar-refractivity contribution is 7.10. The number of thiophene rings is 1. The molecule has 2 heterocycles. The van der Waals surface area contributed by atoms with E-state index in [0.29, 0.717) is 12.6 Å². The number of anilines is 1. The summed E-state index contributed by atoms with van der Waals surface area (Å²) in [7, 11) is 0. The third-order valence-corrected chi connectivity index (χ3v) is 5.62. The summed E-state index contributed by atoms with van der Waals surface area (Å²) >= 11 is 1.74. The molecule has 0 amide bonds. The Balaban J connectivity index is 1.81. The van der Waals surface area contributed by atoms with Crippen LogP contribution in [0.4, 0.5) is 5.69 Å². The molecule has 4 rings (SSSR count). The van der Waals surface area contributed by atoms with Crippen molar-refractivity contribution in [2.75, 3.05) is 11.6 Å². The molecule has 116 valence electrons. The maximum Gasteiger partial charge on any atom is 0.0843 e. The number of hydrazine groups is 1. The molecule has 0 atom stereocenters. The molecule has 1 aromatic carbocycles. The summed E-state index contributed by atoms with van der Waals surface area (Å²) in [6.45, 7) is 4.53. The zero-order valence-electron chi connectivity index (χ0n) is 12.9. The summed E-state index contributed by atoms with van der Waals surface area (Å²) in [5.41, 5.74) is 12.5. The van der Waals surface area contributed by atoms with Crippen LogP contribution in [0.1, 0.15) is 28.8 Å². The van der Waals surface area contributed by atoms with Crippen LogP contribution in [0.15, 0.2) is 23.6 Å². The molecule has 0 unspecified atom stereocenters. The van der Waals surface area contributed by atoms with E-state index in [4.69, 9.17) is 11.6 Å². The Morgan fingerprint density at radius 2 is 2.14 bits per heavy atom. The summed E-state index contributed by atoms with van der Waals surface area (Å²) in [5, 5.41) is 4.13. The van der Waals surface area contributed by atoms with Crippen LogP contribution < -0.4 is 16.5 Å².